The minimum Gasteiger partial charge on any atom is -0.493 e. The van der Waals surface area contributed by atoms with Gasteiger partial charge >= 0.3 is 0 Å². The topological polar surface area (TPSA) is 73.6 Å². The van der Waals surface area contributed by atoms with Gasteiger partial charge in [-0.1, -0.05) is 29.8 Å². The second-order valence-electron chi connectivity index (χ2n) is 7.34. The standard InChI is InChI=1S/C23H23ClN2O4/c1-23(2,28)14-30-20-11-10-19(13-21(20)29-3)26-15-25-18(12-22(26)27)9-6-16-4-7-17(24)8-5-16/h4-13,15,28H,14H2,1-3H3/b9-6+. The van der Waals surface area contributed by atoms with Gasteiger partial charge in [-0.2, -0.15) is 0 Å². The molecule has 1 N–H and O–H groups in total. The number of benzene rings is 2. The summed E-state index contributed by atoms with van der Waals surface area (Å²) in [6, 6.07) is 13.9. The molecule has 0 unspecified atom stereocenters. The lowest BCUT2D eigenvalue weighted by atomic mass is 10.2. The third-order valence-corrected chi connectivity index (χ3v) is 4.41. The molecular formula is C23H23ClN2O4. The predicted octanol–water partition coefficient (Wildman–Crippen LogP) is 4.21. The normalized spacial score (nSPS) is 11.6. The molecular weight excluding hydrogens is 404 g/mol. The number of aromatic nitrogens is 2. The second kappa shape index (κ2) is 9.15. The zero-order valence-electron chi connectivity index (χ0n) is 17.0. The molecule has 6 nitrogen and oxygen atoms in total. The van der Waals surface area contributed by atoms with Crippen LogP contribution in [0.2, 0.25) is 5.02 Å². The van der Waals surface area contributed by atoms with Crippen LogP contribution in [0.4, 0.5) is 0 Å². The molecule has 1 heterocycles. The lowest BCUT2D eigenvalue weighted by molar-refractivity contribution is 0.0276. The second-order valence-corrected chi connectivity index (χ2v) is 7.78. The third-order valence-electron chi connectivity index (χ3n) is 4.15. The van der Waals surface area contributed by atoms with Crippen molar-refractivity contribution in [3.63, 3.8) is 0 Å². The van der Waals surface area contributed by atoms with Gasteiger partial charge in [0.25, 0.3) is 5.56 Å². The number of hydrogen-bond donors (Lipinski definition) is 1. The third kappa shape index (κ3) is 5.72. The van der Waals surface area contributed by atoms with Gasteiger partial charge in [-0.15, -0.1) is 0 Å². The van der Waals surface area contributed by atoms with Crippen LogP contribution in [0.25, 0.3) is 17.8 Å². The molecule has 0 saturated carbocycles. The van der Waals surface area contributed by atoms with Crippen molar-refractivity contribution in [2.24, 2.45) is 0 Å². The summed E-state index contributed by atoms with van der Waals surface area (Å²) in [5.74, 6) is 0.933. The maximum Gasteiger partial charge on any atom is 0.258 e. The van der Waals surface area contributed by atoms with Crippen LogP contribution in [-0.2, 0) is 0 Å². The van der Waals surface area contributed by atoms with E-state index in [0.29, 0.717) is 27.9 Å². The molecule has 0 aliphatic rings. The number of methoxy groups -OCH3 is 1. The molecule has 0 fully saturated rings. The van der Waals surface area contributed by atoms with E-state index in [-0.39, 0.29) is 12.2 Å². The average molecular weight is 427 g/mol. The van der Waals surface area contributed by atoms with Crippen LogP contribution in [0.15, 0.2) is 59.7 Å². The highest BCUT2D eigenvalue weighted by Crippen LogP contribution is 2.29. The quantitative estimate of drug-likeness (QED) is 0.612. The van der Waals surface area contributed by atoms with E-state index in [2.05, 4.69) is 4.98 Å². The van der Waals surface area contributed by atoms with Gasteiger partial charge < -0.3 is 14.6 Å². The van der Waals surface area contributed by atoms with Crippen molar-refractivity contribution in [3.8, 4) is 17.2 Å². The lowest BCUT2D eigenvalue weighted by Crippen LogP contribution is -2.28. The smallest absolute Gasteiger partial charge is 0.258 e. The van der Waals surface area contributed by atoms with Gasteiger partial charge in [0.15, 0.2) is 11.5 Å². The van der Waals surface area contributed by atoms with E-state index in [4.69, 9.17) is 21.1 Å². The molecule has 0 radical (unpaired) electrons. The Bertz CT molecular complexity index is 1100. The molecule has 156 valence electrons. The van der Waals surface area contributed by atoms with Crippen LogP contribution in [-0.4, -0.2) is 34.0 Å². The highest BCUT2D eigenvalue weighted by Gasteiger charge is 2.16. The van der Waals surface area contributed by atoms with Crippen LogP contribution in [0.5, 0.6) is 11.5 Å². The van der Waals surface area contributed by atoms with E-state index >= 15 is 0 Å². The number of rotatable bonds is 7. The number of nitrogens with zero attached hydrogens (tertiary/aromatic N) is 2. The monoisotopic (exact) mass is 426 g/mol. The van der Waals surface area contributed by atoms with Gasteiger partial charge in [-0.05, 0) is 49.8 Å². The van der Waals surface area contributed by atoms with E-state index in [9.17, 15) is 9.90 Å². The number of ether oxygens (including phenoxy) is 2. The molecule has 0 bridgehead atoms. The Kier molecular flexibility index (Phi) is 6.59. The minimum absolute atomic E-state index is 0.110. The molecule has 2 aromatic carbocycles. The summed E-state index contributed by atoms with van der Waals surface area (Å²) in [6.45, 7) is 3.42. The SMILES string of the molecule is COc1cc(-n2cnc(/C=C/c3ccc(Cl)cc3)cc2=O)ccc1OCC(C)(C)O. The van der Waals surface area contributed by atoms with Gasteiger partial charge in [-0.3, -0.25) is 9.36 Å². The Morgan fingerprint density at radius 2 is 1.83 bits per heavy atom. The van der Waals surface area contributed by atoms with Crippen LogP contribution < -0.4 is 15.0 Å². The molecule has 0 aliphatic carbocycles. The summed E-state index contributed by atoms with van der Waals surface area (Å²) in [4.78, 5) is 16.9. The molecule has 0 spiro atoms. The maximum atomic E-state index is 12.6. The maximum absolute atomic E-state index is 12.6. The summed E-state index contributed by atoms with van der Waals surface area (Å²) in [5, 5.41) is 10.5. The molecule has 0 atom stereocenters. The van der Waals surface area contributed by atoms with Crippen LogP contribution in [0.1, 0.15) is 25.1 Å². The highest BCUT2D eigenvalue weighted by molar-refractivity contribution is 6.30. The van der Waals surface area contributed by atoms with Crippen molar-refractivity contribution in [3.05, 3.63) is 81.5 Å². The van der Waals surface area contributed by atoms with Crippen LogP contribution in [0, 0.1) is 0 Å². The van der Waals surface area contributed by atoms with Gasteiger partial charge in [0.2, 0.25) is 0 Å². The van der Waals surface area contributed by atoms with Crippen LogP contribution in [0.3, 0.4) is 0 Å². The molecule has 0 aliphatic heterocycles. The fourth-order valence-electron chi connectivity index (χ4n) is 2.63. The summed E-state index contributed by atoms with van der Waals surface area (Å²) < 4.78 is 12.4. The lowest BCUT2D eigenvalue weighted by Gasteiger charge is -2.19. The summed E-state index contributed by atoms with van der Waals surface area (Å²) in [6.07, 6.45) is 5.10. The number of aliphatic hydroxyl groups is 1. The molecule has 30 heavy (non-hydrogen) atoms. The van der Waals surface area contributed by atoms with E-state index in [0.717, 1.165) is 5.56 Å². The molecule has 3 rings (SSSR count). The fraction of sp³-hybridized carbons (Fsp3) is 0.217. The van der Waals surface area contributed by atoms with Gasteiger partial charge in [0.05, 0.1) is 24.1 Å². The molecule has 1 aromatic heterocycles. The van der Waals surface area contributed by atoms with Crippen molar-refractivity contribution in [2.75, 3.05) is 13.7 Å². The van der Waals surface area contributed by atoms with Crippen molar-refractivity contribution in [2.45, 2.75) is 19.4 Å². The molecule has 0 saturated heterocycles. The highest BCUT2D eigenvalue weighted by atomic mass is 35.5. The van der Waals surface area contributed by atoms with Crippen LogP contribution >= 0.6 is 11.6 Å². The Balaban J connectivity index is 1.82. The Morgan fingerprint density at radius 1 is 1.10 bits per heavy atom. The molecule has 0 amide bonds. The first kappa shape index (κ1) is 21.6. The Morgan fingerprint density at radius 3 is 2.47 bits per heavy atom. The average Bonchev–Trinajstić information content (AvgIpc) is 2.71. The summed E-state index contributed by atoms with van der Waals surface area (Å²) >= 11 is 5.89. The largest absolute Gasteiger partial charge is 0.493 e. The van der Waals surface area contributed by atoms with Crippen molar-refractivity contribution in [1.82, 2.24) is 9.55 Å². The first-order valence-corrected chi connectivity index (χ1v) is 9.69. The first-order chi connectivity index (χ1) is 14.2. The Hall–Kier alpha value is -3.09. The van der Waals surface area contributed by atoms with E-state index in [1.807, 2.05) is 18.2 Å². The minimum atomic E-state index is -0.972. The van der Waals surface area contributed by atoms with E-state index < -0.39 is 5.60 Å². The van der Waals surface area contributed by atoms with E-state index in [1.165, 1.54) is 24.1 Å². The fourth-order valence-corrected chi connectivity index (χ4v) is 2.76. The number of halogens is 1. The Labute approximate surface area is 180 Å². The number of hydrogen-bond acceptors (Lipinski definition) is 5. The van der Waals surface area contributed by atoms with Crippen molar-refractivity contribution >= 4 is 23.8 Å². The molecule has 3 aromatic rings. The summed E-state index contributed by atoms with van der Waals surface area (Å²) in [7, 11) is 1.52. The van der Waals surface area contributed by atoms with Crippen molar-refractivity contribution in [1.29, 1.82) is 0 Å². The first-order valence-electron chi connectivity index (χ1n) is 9.31. The van der Waals surface area contributed by atoms with Gasteiger partial charge in [0.1, 0.15) is 12.9 Å². The van der Waals surface area contributed by atoms with Gasteiger partial charge in [0, 0.05) is 17.2 Å². The van der Waals surface area contributed by atoms with Crippen molar-refractivity contribution < 1.29 is 14.6 Å². The summed E-state index contributed by atoms with van der Waals surface area (Å²) in [5.41, 5.74) is 0.890. The molecule has 7 heteroatoms. The predicted molar refractivity (Wildman–Crippen MR) is 119 cm³/mol. The zero-order valence-corrected chi connectivity index (χ0v) is 17.8. The van der Waals surface area contributed by atoms with E-state index in [1.54, 1.807) is 50.3 Å². The zero-order chi connectivity index (χ0) is 21.7. The van der Waals surface area contributed by atoms with Gasteiger partial charge in [-0.25, -0.2) is 4.98 Å².